The van der Waals surface area contributed by atoms with Crippen molar-refractivity contribution in [2.24, 2.45) is 0 Å². The molecule has 0 fully saturated rings. The maximum Gasteiger partial charge on any atom is 0.407 e. The fourth-order valence-corrected chi connectivity index (χ4v) is 4.22. The smallest absolute Gasteiger partial charge is 0.407 e. The van der Waals surface area contributed by atoms with Crippen molar-refractivity contribution in [3.63, 3.8) is 0 Å². The molecule has 1 amide bonds. The Labute approximate surface area is 191 Å². The largest absolute Gasteiger partial charge is 0.449 e. The molecule has 7 nitrogen and oxygen atoms in total. The van der Waals surface area contributed by atoms with Gasteiger partial charge in [0.2, 0.25) is 0 Å². The van der Waals surface area contributed by atoms with E-state index in [0.29, 0.717) is 5.56 Å². The second kappa shape index (κ2) is 9.44. The van der Waals surface area contributed by atoms with E-state index < -0.39 is 18.3 Å². The van der Waals surface area contributed by atoms with Crippen LogP contribution in [0.1, 0.15) is 46.0 Å². The van der Waals surface area contributed by atoms with E-state index in [1.807, 2.05) is 36.4 Å². The minimum Gasteiger partial charge on any atom is -0.449 e. The number of ether oxygens (including phenoxy) is 1. The summed E-state index contributed by atoms with van der Waals surface area (Å²) in [6.07, 6.45) is -3.33. The highest BCUT2D eigenvalue weighted by atomic mass is 16.5. The van der Waals surface area contributed by atoms with Crippen LogP contribution in [0.15, 0.2) is 66.7 Å². The minimum atomic E-state index is -1.33. The molecule has 33 heavy (non-hydrogen) atoms. The molecule has 1 aliphatic rings. The molecule has 2 atom stereocenters. The number of carbonyl (C=O) groups is 2. The molecule has 170 valence electrons. The van der Waals surface area contributed by atoms with Gasteiger partial charge in [0.1, 0.15) is 18.8 Å². The van der Waals surface area contributed by atoms with Crippen LogP contribution in [0.2, 0.25) is 0 Å². The quantitative estimate of drug-likeness (QED) is 0.326. The van der Waals surface area contributed by atoms with E-state index in [-0.39, 0.29) is 36.1 Å². The zero-order chi connectivity index (χ0) is 23.5. The first-order chi connectivity index (χ1) is 15.9. The number of fused-ring (bicyclic) bond motifs is 3. The second-order valence-corrected chi connectivity index (χ2v) is 8.12. The number of hydrogen-bond acceptors (Lipinski definition) is 6. The van der Waals surface area contributed by atoms with Gasteiger partial charge in [0, 0.05) is 29.3 Å². The van der Waals surface area contributed by atoms with E-state index >= 15 is 0 Å². The first kappa shape index (κ1) is 22.5. The number of aliphatic hydroxyl groups is 2. The van der Waals surface area contributed by atoms with Gasteiger partial charge in [0.25, 0.3) is 0 Å². The number of anilines is 1. The van der Waals surface area contributed by atoms with Gasteiger partial charge in [-0.3, -0.25) is 4.79 Å². The molecule has 0 saturated heterocycles. The van der Waals surface area contributed by atoms with Crippen LogP contribution in [-0.2, 0) is 4.74 Å². The first-order valence-electron chi connectivity index (χ1n) is 10.7. The Kier molecular flexibility index (Phi) is 6.44. The summed E-state index contributed by atoms with van der Waals surface area (Å²) in [5, 5.41) is 23.2. The predicted octanol–water partition coefficient (Wildman–Crippen LogP) is 3.40. The van der Waals surface area contributed by atoms with Crippen LogP contribution in [0, 0.1) is 0 Å². The van der Waals surface area contributed by atoms with Crippen LogP contribution in [0.5, 0.6) is 0 Å². The molecule has 0 bridgehead atoms. The van der Waals surface area contributed by atoms with Crippen LogP contribution in [0.4, 0.5) is 10.5 Å². The molecule has 0 aliphatic heterocycles. The number of nitrogen functional groups attached to an aromatic ring is 1. The summed E-state index contributed by atoms with van der Waals surface area (Å²) in [6.45, 7) is 1.34. The van der Waals surface area contributed by atoms with Crippen LogP contribution in [0.3, 0.4) is 0 Å². The highest BCUT2D eigenvalue weighted by Crippen LogP contribution is 2.44. The number of nitrogens with one attached hydrogen (secondary N) is 1. The number of hydrogen-bond donors (Lipinski definition) is 4. The highest BCUT2D eigenvalue weighted by molar-refractivity contribution is 5.95. The first-order valence-corrected chi connectivity index (χ1v) is 10.7. The van der Waals surface area contributed by atoms with E-state index in [1.165, 1.54) is 25.1 Å². The van der Waals surface area contributed by atoms with Gasteiger partial charge in [0.15, 0.2) is 5.78 Å². The standard InChI is InChI=1S/C26H26N2O5/c1-15(29)16-10-11-21(23(27)12-16)25(31)24(30)13-28-26(32)33-14-22-19-8-4-2-6-17(19)18-7-3-5-9-20(18)22/h2-12,22,24-25,30-31H,13-14,27H2,1H3,(H,28,32). The lowest BCUT2D eigenvalue weighted by Gasteiger charge is -2.21. The Balaban J connectivity index is 1.34. The predicted molar refractivity (Wildman–Crippen MR) is 125 cm³/mol. The summed E-state index contributed by atoms with van der Waals surface area (Å²) < 4.78 is 5.44. The van der Waals surface area contributed by atoms with Gasteiger partial charge < -0.3 is 26.0 Å². The molecule has 2 unspecified atom stereocenters. The van der Waals surface area contributed by atoms with Gasteiger partial charge in [-0.1, -0.05) is 60.7 Å². The van der Waals surface area contributed by atoms with Gasteiger partial charge in [0.05, 0.1) is 0 Å². The molecule has 3 aromatic rings. The van der Waals surface area contributed by atoms with Crippen molar-refractivity contribution < 1.29 is 24.5 Å². The average molecular weight is 447 g/mol. The number of Topliss-reactive ketones (excluding diaryl/α,β-unsaturated/α-hetero) is 1. The molecule has 0 radical (unpaired) electrons. The number of ketones is 1. The maximum absolute atomic E-state index is 12.3. The number of alkyl carbamates (subject to hydrolysis) is 1. The highest BCUT2D eigenvalue weighted by Gasteiger charge is 2.29. The molecule has 0 heterocycles. The molecule has 7 heteroatoms. The van der Waals surface area contributed by atoms with E-state index in [1.54, 1.807) is 0 Å². The molecular formula is C26H26N2O5. The fraction of sp³-hybridized carbons (Fsp3) is 0.231. The summed E-state index contributed by atoms with van der Waals surface area (Å²) in [5.41, 5.74) is 11.3. The van der Waals surface area contributed by atoms with Crippen LogP contribution >= 0.6 is 0 Å². The van der Waals surface area contributed by atoms with Crippen molar-refractivity contribution in [3.05, 3.63) is 89.0 Å². The third-order valence-corrected chi connectivity index (χ3v) is 5.98. The van der Waals surface area contributed by atoms with Crippen molar-refractivity contribution in [2.75, 3.05) is 18.9 Å². The average Bonchev–Trinajstić information content (AvgIpc) is 3.14. The molecule has 0 saturated carbocycles. The Morgan fingerprint density at radius 2 is 1.61 bits per heavy atom. The van der Waals surface area contributed by atoms with Crippen molar-refractivity contribution >= 4 is 17.6 Å². The molecule has 0 aromatic heterocycles. The normalized spacial score (nSPS) is 14.2. The molecule has 0 spiro atoms. The number of carbonyl (C=O) groups excluding carboxylic acids is 2. The number of nitrogens with two attached hydrogens (primary N) is 1. The lowest BCUT2D eigenvalue weighted by molar-refractivity contribution is 0.0189. The summed E-state index contributed by atoms with van der Waals surface area (Å²) in [4.78, 5) is 23.7. The SMILES string of the molecule is CC(=O)c1ccc(C(O)C(O)CNC(=O)OCC2c3ccccc3-c3ccccc32)c(N)c1. The molecule has 5 N–H and O–H groups in total. The summed E-state index contributed by atoms with van der Waals surface area (Å²) in [6, 6.07) is 20.5. The van der Waals surface area contributed by atoms with Crippen LogP contribution in [-0.4, -0.2) is 41.3 Å². The fourth-order valence-electron chi connectivity index (χ4n) is 4.22. The minimum absolute atomic E-state index is 0.0711. The van der Waals surface area contributed by atoms with Crippen LogP contribution in [0.25, 0.3) is 11.1 Å². The van der Waals surface area contributed by atoms with Crippen molar-refractivity contribution in [1.29, 1.82) is 0 Å². The van der Waals surface area contributed by atoms with Gasteiger partial charge >= 0.3 is 6.09 Å². The Morgan fingerprint density at radius 3 is 2.18 bits per heavy atom. The molecule has 1 aliphatic carbocycles. The van der Waals surface area contributed by atoms with E-state index in [4.69, 9.17) is 10.5 Å². The van der Waals surface area contributed by atoms with Crippen molar-refractivity contribution in [1.82, 2.24) is 5.32 Å². The Bertz CT molecular complexity index is 1150. The lowest BCUT2D eigenvalue weighted by atomic mass is 9.98. The summed E-state index contributed by atoms with van der Waals surface area (Å²) >= 11 is 0. The number of benzene rings is 3. The van der Waals surface area contributed by atoms with E-state index in [2.05, 4.69) is 17.4 Å². The molecule has 4 rings (SSSR count). The second-order valence-electron chi connectivity index (χ2n) is 8.12. The Hall–Kier alpha value is -3.68. The van der Waals surface area contributed by atoms with Crippen LogP contribution < -0.4 is 11.1 Å². The maximum atomic E-state index is 12.3. The van der Waals surface area contributed by atoms with E-state index in [9.17, 15) is 19.8 Å². The van der Waals surface area contributed by atoms with Crippen molar-refractivity contribution in [3.8, 4) is 11.1 Å². The number of rotatable bonds is 7. The third-order valence-electron chi connectivity index (χ3n) is 5.98. The zero-order valence-corrected chi connectivity index (χ0v) is 18.2. The van der Waals surface area contributed by atoms with Gasteiger partial charge in [-0.2, -0.15) is 0 Å². The third kappa shape index (κ3) is 4.60. The lowest BCUT2D eigenvalue weighted by Crippen LogP contribution is -2.36. The molecular weight excluding hydrogens is 420 g/mol. The van der Waals surface area contributed by atoms with Crippen molar-refractivity contribution in [2.45, 2.75) is 25.0 Å². The number of aliphatic hydroxyl groups excluding tert-OH is 2. The summed E-state index contributed by atoms with van der Waals surface area (Å²) in [5.74, 6) is -0.224. The molecule has 3 aromatic carbocycles. The van der Waals surface area contributed by atoms with Gasteiger partial charge in [-0.15, -0.1) is 0 Å². The monoisotopic (exact) mass is 446 g/mol. The van der Waals surface area contributed by atoms with Gasteiger partial charge in [-0.25, -0.2) is 4.79 Å². The van der Waals surface area contributed by atoms with E-state index in [0.717, 1.165) is 22.3 Å². The zero-order valence-electron chi connectivity index (χ0n) is 18.2. The summed E-state index contributed by atoms with van der Waals surface area (Å²) in [7, 11) is 0. The van der Waals surface area contributed by atoms with Gasteiger partial charge in [-0.05, 0) is 35.2 Å². The topological polar surface area (TPSA) is 122 Å². The Morgan fingerprint density at radius 1 is 1.00 bits per heavy atom. The number of amides is 1.